The Balaban J connectivity index is 2.18. The van der Waals surface area contributed by atoms with Gasteiger partial charge in [-0.3, -0.25) is 9.89 Å². The largest absolute Gasteiger partial charge is 0.348 e. The van der Waals surface area contributed by atoms with E-state index >= 15 is 0 Å². The van der Waals surface area contributed by atoms with Gasteiger partial charge in [0.05, 0.1) is 11.9 Å². The molecule has 0 spiro atoms. The minimum Gasteiger partial charge on any atom is -0.348 e. The predicted octanol–water partition coefficient (Wildman–Crippen LogP) is 1.88. The number of rotatable bonds is 4. The van der Waals surface area contributed by atoms with Crippen molar-refractivity contribution in [2.75, 3.05) is 0 Å². The van der Waals surface area contributed by atoms with Gasteiger partial charge in [-0.1, -0.05) is 36.9 Å². The van der Waals surface area contributed by atoms with Gasteiger partial charge >= 0.3 is 0 Å². The molecule has 0 fully saturated rings. The first-order valence-electron chi connectivity index (χ1n) is 5.29. The van der Waals surface area contributed by atoms with E-state index in [2.05, 4.69) is 22.1 Å². The van der Waals surface area contributed by atoms with Crippen molar-refractivity contribution in [3.05, 3.63) is 54.7 Å². The smallest absolute Gasteiger partial charge is 0.243 e. The summed E-state index contributed by atoms with van der Waals surface area (Å²) in [4.78, 5) is 11.1. The van der Waals surface area contributed by atoms with Crippen LogP contribution in [0.5, 0.6) is 0 Å². The molecule has 0 saturated heterocycles. The average Bonchev–Trinajstić information content (AvgIpc) is 2.85. The van der Waals surface area contributed by atoms with E-state index in [1.807, 2.05) is 30.3 Å². The summed E-state index contributed by atoms with van der Waals surface area (Å²) < 4.78 is 0. The molecule has 0 aliphatic heterocycles. The molecule has 4 heteroatoms. The fourth-order valence-corrected chi connectivity index (χ4v) is 1.55. The number of amides is 1. The highest BCUT2D eigenvalue weighted by Gasteiger charge is 2.07. The van der Waals surface area contributed by atoms with Gasteiger partial charge in [0, 0.05) is 12.1 Å². The molecule has 1 heterocycles. The second kappa shape index (κ2) is 5.12. The van der Waals surface area contributed by atoms with Gasteiger partial charge in [-0.25, -0.2) is 0 Å². The Morgan fingerprint density at radius 2 is 2.18 bits per heavy atom. The molecule has 2 rings (SSSR count). The van der Waals surface area contributed by atoms with Crippen LogP contribution in [-0.2, 0) is 11.3 Å². The minimum absolute atomic E-state index is 0.190. The number of carbonyl (C=O) groups excluding carboxylic acids is 1. The fraction of sp³-hybridized carbons (Fsp3) is 0.0769. The van der Waals surface area contributed by atoms with Crippen molar-refractivity contribution in [2.45, 2.75) is 6.54 Å². The number of aromatic amines is 1. The molecule has 0 unspecified atom stereocenters. The van der Waals surface area contributed by atoms with Gasteiger partial charge in [0.15, 0.2) is 0 Å². The van der Waals surface area contributed by atoms with E-state index in [4.69, 9.17) is 0 Å². The van der Waals surface area contributed by atoms with Crippen molar-refractivity contribution < 1.29 is 4.79 Å². The van der Waals surface area contributed by atoms with Gasteiger partial charge in [0.1, 0.15) is 0 Å². The quantitative estimate of drug-likeness (QED) is 0.783. The summed E-state index contributed by atoms with van der Waals surface area (Å²) >= 11 is 0. The molecule has 2 aromatic rings. The van der Waals surface area contributed by atoms with Crippen LogP contribution in [0.25, 0.3) is 11.3 Å². The van der Waals surface area contributed by atoms with E-state index in [1.165, 1.54) is 6.08 Å². The zero-order valence-electron chi connectivity index (χ0n) is 9.31. The topological polar surface area (TPSA) is 57.8 Å². The van der Waals surface area contributed by atoms with Crippen LogP contribution in [0.4, 0.5) is 0 Å². The van der Waals surface area contributed by atoms with Crippen molar-refractivity contribution in [2.24, 2.45) is 0 Å². The molecule has 17 heavy (non-hydrogen) atoms. The maximum atomic E-state index is 11.1. The van der Waals surface area contributed by atoms with Crippen LogP contribution in [0.3, 0.4) is 0 Å². The maximum absolute atomic E-state index is 11.1. The van der Waals surface area contributed by atoms with Gasteiger partial charge in [0.2, 0.25) is 5.91 Å². The number of H-pyrrole nitrogens is 1. The molecule has 0 aliphatic rings. The first-order chi connectivity index (χ1) is 8.31. The Morgan fingerprint density at radius 1 is 1.41 bits per heavy atom. The molecule has 0 radical (unpaired) electrons. The van der Waals surface area contributed by atoms with E-state index in [1.54, 1.807) is 6.20 Å². The lowest BCUT2D eigenvalue weighted by Crippen LogP contribution is -2.19. The Bertz CT molecular complexity index is 516. The van der Waals surface area contributed by atoms with Crippen LogP contribution in [-0.4, -0.2) is 16.1 Å². The minimum atomic E-state index is -0.190. The lowest BCUT2D eigenvalue weighted by molar-refractivity contribution is -0.116. The number of benzene rings is 1. The third-order valence-corrected chi connectivity index (χ3v) is 2.42. The van der Waals surface area contributed by atoms with E-state index in [9.17, 15) is 4.79 Å². The number of hydrogen-bond acceptors (Lipinski definition) is 2. The van der Waals surface area contributed by atoms with E-state index in [0.717, 1.165) is 16.8 Å². The number of aromatic nitrogens is 2. The summed E-state index contributed by atoms with van der Waals surface area (Å²) in [5.74, 6) is -0.190. The van der Waals surface area contributed by atoms with Crippen LogP contribution >= 0.6 is 0 Å². The highest BCUT2D eigenvalue weighted by atomic mass is 16.1. The van der Waals surface area contributed by atoms with Crippen LogP contribution < -0.4 is 5.32 Å². The molecule has 0 aliphatic carbocycles. The Labute approximate surface area is 99.4 Å². The SMILES string of the molecule is C=CC(=O)NCc1cn[nH]c1-c1ccccc1. The van der Waals surface area contributed by atoms with Gasteiger partial charge in [-0.15, -0.1) is 0 Å². The molecular weight excluding hydrogens is 214 g/mol. The van der Waals surface area contributed by atoms with E-state index < -0.39 is 0 Å². The van der Waals surface area contributed by atoms with Gasteiger partial charge in [-0.2, -0.15) is 5.10 Å². The second-order valence-electron chi connectivity index (χ2n) is 3.56. The van der Waals surface area contributed by atoms with E-state index in [0.29, 0.717) is 6.54 Å². The van der Waals surface area contributed by atoms with Crippen molar-refractivity contribution in [3.63, 3.8) is 0 Å². The van der Waals surface area contributed by atoms with Crippen molar-refractivity contribution in [3.8, 4) is 11.3 Å². The monoisotopic (exact) mass is 227 g/mol. The zero-order valence-corrected chi connectivity index (χ0v) is 9.31. The van der Waals surface area contributed by atoms with Gasteiger partial charge in [-0.05, 0) is 11.6 Å². The fourth-order valence-electron chi connectivity index (χ4n) is 1.55. The summed E-state index contributed by atoms with van der Waals surface area (Å²) in [7, 11) is 0. The van der Waals surface area contributed by atoms with Crippen LogP contribution in [0.15, 0.2) is 49.2 Å². The van der Waals surface area contributed by atoms with Crippen molar-refractivity contribution in [1.82, 2.24) is 15.5 Å². The van der Waals surface area contributed by atoms with E-state index in [-0.39, 0.29) is 5.91 Å². The molecule has 4 nitrogen and oxygen atoms in total. The Morgan fingerprint density at radius 3 is 2.88 bits per heavy atom. The lowest BCUT2D eigenvalue weighted by Gasteiger charge is -2.03. The maximum Gasteiger partial charge on any atom is 0.243 e. The summed E-state index contributed by atoms with van der Waals surface area (Å²) in [6.07, 6.45) is 2.97. The molecule has 0 atom stereocenters. The number of nitrogens with zero attached hydrogens (tertiary/aromatic N) is 1. The first-order valence-corrected chi connectivity index (χ1v) is 5.29. The molecule has 1 amide bonds. The highest BCUT2D eigenvalue weighted by Crippen LogP contribution is 2.20. The Kier molecular flexibility index (Phi) is 3.35. The van der Waals surface area contributed by atoms with Crippen molar-refractivity contribution in [1.29, 1.82) is 0 Å². The normalized spacial score (nSPS) is 9.88. The zero-order chi connectivity index (χ0) is 12.1. The third-order valence-electron chi connectivity index (χ3n) is 2.42. The summed E-state index contributed by atoms with van der Waals surface area (Å²) in [5.41, 5.74) is 2.93. The average molecular weight is 227 g/mol. The third kappa shape index (κ3) is 2.60. The van der Waals surface area contributed by atoms with Crippen LogP contribution in [0, 0.1) is 0 Å². The number of hydrogen-bond donors (Lipinski definition) is 2. The highest BCUT2D eigenvalue weighted by molar-refractivity contribution is 5.86. The van der Waals surface area contributed by atoms with Crippen LogP contribution in [0.1, 0.15) is 5.56 Å². The first kappa shape index (κ1) is 11.1. The molecule has 1 aromatic heterocycles. The van der Waals surface area contributed by atoms with Crippen LogP contribution in [0.2, 0.25) is 0 Å². The summed E-state index contributed by atoms with van der Waals surface area (Å²) in [6.45, 7) is 3.84. The molecule has 0 saturated carbocycles. The number of nitrogens with one attached hydrogen (secondary N) is 2. The number of carbonyl (C=O) groups is 1. The van der Waals surface area contributed by atoms with Gasteiger partial charge in [0.25, 0.3) is 0 Å². The lowest BCUT2D eigenvalue weighted by atomic mass is 10.1. The summed E-state index contributed by atoms with van der Waals surface area (Å²) in [5, 5.41) is 9.66. The van der Waals surface area contributed by atoms with Crippen molar-refractivity contribution >= 4 is 5.91 Å². The second-order valence-corrected chi connectivity index (χ2v) is 3.56. The molecular formula is C13H13N3O. The predicted molar refractivity (Wildman–Crippen MR) is 66.1 cm³/mol. The Hall–Kier alpha value is -2.36. The molecule has 0 bridgehead atoms. The standard InChI is InChI=1S/C13H13N3O/c1-2-12(17)14-8-11-9-15-16-13(11)10-6-4-3-5-7-10/h2-7,9H,1,8H2,(H,14,17)(H,15,16). The summed E-state index contributed by atoms with van der Waals surface area (Å²) in [6, 6.07) is 9.86. The molecule has 1 aromatic carbocycles. The van der Waals surface area contributed by atoms with Gasteiger partial charge < -0.3 is 5.32 Å². The molecule has 2 N–H and O–H groups in total. The molecule has 86 valence electrons.